The molecule has 9 nitrogen and oxygen atoms in total. The fourth-order valence-corrected chi connectivity index (χ4v) is 4.78. The second-order valence-corrected chi connectivity index (χ2v) is 8.97. The van der Waals surface area contributed by atoms with Crippen molar-refractivity contribution < 1.29 is 22.6 Å². The number of hydrogen-bond acceptors (Lipinski definition) is 8. The number of methoxy groups -OCH3 is 2. The van der Waals surface area contributed by atoms with E-state index in [-0.39, 0.29) is 10.9 Å². The highest BCUT2D eigenvalue weighted by atomic mass is 32.2. The molecule has 0 saturated carbocycles. The first-order valence-electron chi connectivity index (χ1n) is 10.0. The molecule has 1 aliphatic heterocycles. The highest BCUT2D eigenvalue weighted by Crippen LogP contribution is 2.26. The van der Waals surface area contributed by atoms with Gasteiger partial charge in [-0.1, -0.05) is 18.2 Å². The Kier molecular flexibility index (Phi) is 6.42. The van der Waals surface area contributed by atoms with Crippen LogP contribution in [0.5, 0.6) is 23.4 Å². The molecule has 0 N–H and O–H groups in total. The summed E-state index contributed by atoms with van der Waals surface area (Å²) in [4.78, 5) is 10.7. The van der Waals surface area contributed by atoms with Gasteiger partial charge in [0.2, 0.25) is 15.9 Å². The maximum absolute atomic E-state index is 13.1. The van der Waals surface area contributed by atoms with Gasteiger partial charge < -0.3 is 19.1 Å². The van der Waals surface area contributed by atoms with Crippen LogP contribution in [0.15, 0.2) is 65.6 Å². The van der Waals surface area contributed by atoms with Gasteiger partial charge in [-0.2, -0.15) is 14.3 Å². The number of piperazine rings is 1. The van der Waals surface area contributed by atoms with E-state index in [4.69, 9.17) is 14.2 Å². The van der Waals surface area contributed by atoms with E-state index in [1.54, 1.807) is 30.3 Å². The topological polar surface area (TPSA) is 94.1 Å². The first-order chi connectivity index (χ1) is 15.5. The number of rotatable bonds is 7. The number of benzene rings is 2. The Morgan fingerprint density at radius 1 is 0.812 bits per heavy atom. The summed E-state index contributed by atoms with van der Waals surface area (Å²) in [6.45, 7) is 1.63. The van der Waals surface area contributed by atoms with Crippen LogP contribution in [0, 0.1) is 0 Å². The van der Waals surface area contributed by atoms with E-state index in [9.17, 15) is 8.42 Å². The molecule has 1 aliphatic rings. The third-order valence-corrected chi connectivity index (χ3v) is 6.98. The molecule has 1 aromatic heterocycles. The minimum absolute atomic E-state index is 0.201. The van der Waals surface area contributed by atoms with Gasteiger partial charge >= 0.3 is 6.01 Å². The van der Waals surface area contributed by atoms with Gasteiger partial charge in [-0.3, -0.25) is 0 Å². The van der Waals surface area contributed by atoms with Crippen molar-refractivity contribution in [1.82, 2.24) is 14.3 Å². The molecule has 0 radical (unpaired) electrons. The van der Waals surface area contributed by atoms with Crippen LogP contribution in [0.25, 0.3) is 0 Å². The highest BCUT2D eigenvalue weighted by Gasteiger charge is 2.29. The zero-order valence-electron chi connectivity index (χ0n) is 17.8. The van der Waals surface area contributed by atoms with E-state index in [1.807, 2.05) is 35.2 Å². The van der Waals surface area contributed by atoms with Crippen molar-refractivity contribution in [3.8, 4) is 23.4 Å². The Labute approximate surface area is 187 Å². The summed E-state index contributed by atoms with van der Waals surface area (Å²) >= 11 is 0. The average molecular weight is 457 g/mol. The smallest absolute Gasteiger partial charge is 0.321 e. The molecule has 2 heterocycles. The third kappa shape index (κ3) is 4.76. The largest absolute Gasteiger partial charge is 0.481 e. The summed E-state index contributed by atoms with van der Waals surface area (Å²) in [5, 5.41) is 0. The zero-order valence-corrected chi connectivity index (χ0v) is 18.7. The van der Waals surface area contributed by atoms with E-state index in [0.29, 0.717) is 49.4 Å². The lowest BCUT2D eigenvalue weighted by Gasteiger charge is -2.34. The molecule has 1 saturated heterocycles. The number of hydrogen-bond donors (Lipinski definition) is 0. The van der Waals surface area contributed by atoms with Crippen LogP contribution in [0.3, 0.4) is 0 Å². The molecule has 2 aromatic carbocycles. The number of anilines is 1. The molecule has 4 rings (SSSR count). The molecule has 168 valence electrons. The van der Waals surface area contributed by atoms with Gasteiger partial charge in [-0.05, 0) is 36.4 Å². The predicted molar refractivity (Wildman–Crippen MR) is 119 cm³/mol. The van der Waals surface area contributed by atoms with Crippen LogP contribution < -0.4 is 19.1 Å². The Morgan fingerprint density at radius 2 is 1.47 bits per heavy atom. The number of nitrogens with zero attached hydrogens (tertiary/aromatic N) is 4. The van der Waals surface area contributed by atoms with E-state index < -0.39 is 10.0 Å². The van der Waals surface area contributed by atoms with E-state index in [0.717, 1.165) is 0 Å². The van der Waals surface area contributed by atoms with Gasteiger partial charge in [-0.15, -0.1) is 0 Å². The summed E-state index contributed by atoms with van der Waals surface area (Å²) in [5.74, 6) is 2.29. The maximum Gasteiger partial charge on any atom is 0.321 e. The molecular formula is C22H24N4O5S. The Hall–Kier alpha value is -3.37. The van der Waals surface area contributed by atoms with Crippen LogP contribution in [-0.2, 0) is 10.0 Å². The number of sulfonamides is 1. The van der Waals surface area contributed by atoms with Crippen LogP contribution in [0.2, 0.25) is 0 Å². The van der Waals surface area contributed by atoms with Gasteiger partial charge in [0.15, 0.2) is 0 Å². The maximum atomic E-state index is 13.1. The van der Waals surface area contributed by atoms with Crippen molar-refractivity contribution in [3.63, 3.8) is 0 Å². The van der Waals surface area contributed by atoms with Crippen LogP contribution in [0.1, 0.15) is 0 Å². The quantitative estimate of drug-likeness (QED) is 0.536. The second-order valence-electron chi connectivity index (χ2n) is 7.03. The lowest BCUT2D eigenvalue weighted by Crippen LogP contribution is -2.48. The van der Waals surface area contributed by atoms with Gasteiger partial charge in [0.1, 0.15) is 17.3 Å². The Morgan fingerprint density at radius 3 is 2.09 bits per heavy atom. The number of ether oxygens (including phenoxy) is 3. The molecule has 0 spiro atoms. The summed E-state index contributed by atoms with van der Waals surface area (Å²) < 4.78 is 43.7. The standard InChI is InChI=1S/C22H24N4O5S/c1-29-21-16-20(23-22(24-21)30-2)25-12-14-26(15-13-25)32(27,28)19-10-8-18(9-11-19)31-17-6-4-3-5-7-17/h3-11,16H,12-15H2,1-2H3. The molecule has 3 aromatic rings. The molecular weight excluding hydrogens is 432 g/mol. The average Bonchev–Trinajstić information content (AvgIpc) is 2.84. The predicted octanol–water partition coefficient (Wildman–Crippen LogP) is 2.80. The Balaban J connectivity index is 1.43. The summed E-state index contributed by atoms with van der Waals surface area (Å²) in [5.41, 5.74) is 0. The van der Waals surface area contributed by atoms with E-state index >= 15 is 0 Å². The van der Waals surface area contributed by atoms with Crippen molar-refractivity contribution in [2.45, 2.75) is 4.90 Å². The first-order valence-corrected chi connectivity index (χ1v) is 11.5. The zero-order chi connectivity index (χ0) is 22.6. The summed E-state index contributed by atoms with van der Waals surface area (Å²) in [7, 11) is -0.609. The number of aromatic nitrogens is 2. The molecule has 0 amide bonds. The van der Waals surface area contributed by atoms with Crippen molar-refractivity contribution in [2.75, 3.05) is 45.3 Å². The van der Waals surface area contributed by atoms with Crippen molar-refractivity contribution in [3.05, 3.63) is 60.7 Å². The summed E-state index contributed by atoms with van der Waals surface area (Å²) in [6.07, 6.45) is 0. The minimum atomic E-state index is -3.61. The van der Waals surface area contributed by atoms with Crippen molar-refractivity contribution in [1.29, 1.82) is 0 Å². The van der Waals surface area contributed by atoms with Crippen molar-refractivity contribution in [2.24, 2.45) is 0 Å². The molecule has 0 atom stereocenters. The molecule has 1 fully saturated rings. The lowest BCUT2D eigenvalue weighted by molar-refractivity contribution is 0.349. The van der Waals surface area contributed by atoms with E-state index in [1.165, 1.54) is 18.5 Å². The molecule has 10 heteroatoms. The van der Waals surface area contributed by atoms with Crippen molar-refractivity contribution >= 4 is 15.8 Å². The molecule has 32 heavy (non-hydrogen) atoms. The van der Waals surface area contributed by atoms with Crippen LogP contribution in [-0.4, -0.2) is 63.1 Å². The monoisotopic (exact) mass is 456 g/mol. The first kappa shape index (κ1) is 21.8. The number of para-hydroxylation sites is 1. The van der Waals surface area contributed by atoms with Crippen LogP contribution >= 0.6 is 0 Å². The minimum Gasteiger partial charge on any atom is -0.481 e. The highest BCUT2D eigenvalue weighted by molar-refractivity contribution is 7.89. The second kappa shape index (κ2) is 9.41. The molecule has 0 unspecified atom stereocenters. The van der Waals surface area contributed by atoms with Gasteiger partial charge in [0.25, 0.3) is 0 Å². The Bertz CT molecular complexity index is 1130. The van der Waals surface area contributed by atoms with Crippen LogP contribution in [0.4, 0.5) is 5.82 Å². The van der Waals surface area contributed by atoms with E-state index in [2.05, 4.69) is 9.97 Å². The lowest BCUT2D eigenvalue weighted by atomic mass is 10.3. The fourth-order valence-electron chi connectivity index (χ4n) is 3.36. The third-order valence-electron chi connectivity index (χ3n) is 5.06. The summed E-state index contributed by atoms with van der Waals surface area (Å²) in [6, 6.07) is 17.7. The van der Waals surface area contributed by atoms with Gasteiger partial charge in [0, 0.05) is 32.2 Å². The van der Waals surface area contributed by atoms with Gasteiger partial charge in [0.05, 0.1) is 19.1 Å². The normalized spacial score (nSPS) is 14.8. The fraction of sp³-hybridized carbons (Fsp3) is 0.273. The molecule has 0 bridgehead atoms. The molecule has 0 aliphatic carbocycles. The SMILES string of the molecule is COc1cc(N2CCN(S(=O)(=O)c3ccc(Oc4ccccc4)cc3)CC2)nc(OC)n1. The van der Waals surface area contributed by atoms with Gasteiger partial charge in [-0.25, -0.2) is 8.42 Å².